The summed E-state index contributed by atoms with van der Waals surface area (Å²) < 4.78 is 10.2. The Kier molecular flexibility index (Phi) is 3.13. The molecule has 0 spiro atoms. The maximum atomic E-state index is 11.1. The van der Waals surface area contributed by atoms with Crippen LogP contribution in [0, 0.1) is 5.92 Å². The molecule has 0 atom stereocenters. The van der Waals surface area contributed by atoms with Crippen molar-refractivity contribution in [2.24, 2.45) is 5.92 Å². The lowest BCUT2D eigenvalue weighted by Crippen LogP contribution is -2.48. The van der Waals surface area contributed by atoms with Gasteiger partial charge in [0.1, 0.15) is 6.42 Å². The summed E-state index contributed by atoms with van der Waals surface area (Å²) in [4.78, 5) is 22.2. The third-order valence-electron chi connectivity index (χ3n) is 2.65. The summed E-state index contributed by atoms with van der Waals surface area (Å²) in [6, 6.07) is 0. The van der Waals surface area contributed by atoms with Crippen LogP contribution >= 0.6 is 0 Å². The lowest BCUT2D eigenvalue weighted by molar-refractivity contribution is -0.255. The van der Waals surface area contributed by atoms with Crippen molar-refractivity contribution in [2.45, 2.75) is 45.8 Å². The second-order valence-electron chi connectivity index (χ2n) is 3.65. The van der Waals surface area contributed by atoms with Crippen LogP contribution in [0.25, 0.3) is 0 Å². The predicted molar refractivity (Wildman–Crippen MR) is 49.3 cm³/mol. The molecule has 0 radical (unpaired) electrons. The fourth-order valence-electron chi connectivity index (χ4n) is 1.86. The number of rotatable bonds is 3. The van der Waals surface area contributed by atoms with Gasteiger partial charge in [0.2, 0.25) is 0 Å². The van der Waals surface area contributed by atoms with Gasteiger partial charge in [0, 0.05) is 12.8 Å². The molecule has 0 amide bonds. The highest BCUT2D eigenvalue weighted by molar-refractivity contribution is 5.93. The van der Waals surface area contributed by atoms with E-state index in [1.165, 1.54) is 0 Å². The summed E-state index contributed by atoms with van der Waals surface area (Å²) >= 11 is 0. The van der Waals surface area contributed by atoms with E-state index in [1.807, 2.05) is 13.8 Å². The van der Waals surface area contributed by atoms with E-state index in [0.717, 1.165) is 12.8 Å². The van der Waals surface area contributed by atoms with Crippen LogP contribution < -0.4 is 0 Å². The molecular weight excluding hydrogens is 184 g/mol. The Hall–Kier alpha value is -1.06. The van der Waals surface area contributed by atoms with Crippen LogP contribution in [-0.2, 0) is 19.1 Å². The SMILES string of the molecule is CCC(CC)C1(C)OC(=O)CC(=O)O1. The number of esters is 2. The van der Waals surface area contributed by atoms with Gasteiger partial charge in [0.05, 0.1) is 0 Å². The predicted octanol–water partition coefficient (Wildman–Crippen LogP) is 1.63. The smallest absolute Gasteiger partial charge is 0.320 e. The van der Waals surface area contributed by atoms with E-state index in [9.17, 15) is 9.59 Å². The zero-order chi connectivity index (χ0) is 10.8. The van der Waals surface area contributed by atoms with Gasteiger partial charge in [-0.25, -0.2) is 0 Å². The van der Waals surface area contributed by atoms with E-state index in [2.05, 4.69) is 0 Å². The van der Waals surface area contributed by atoms with E-state index in [-0.39, 0.29) is 12.3 Å². The normalized spacial score (nSPS) is 20.6. The first-order valence-corrected chi connectivity index (χ1v) is 4.95. The minimum atomic E-state index is -1.06. The largest absolute Gasteiger partial charge is 0.422 e. The number of carbonyl (C=O) groups is 2. The van der Waals surface area contributed by atoms with Crippen molar-refractivity contribution in [1.82, 2.24) is 0 Å². The summed E-state index contributed by atoms with van der Waals surface area (Å²) in [6.45, 7) is 5.62. The molecule has 1 heterocycles. The Bertz CT molecular complexity index is 227. The van der Waals surface area contributed by atoms with Crippen molar-refractivity contribution >= 4 is 11.9 Å². The van der Waals surface area contributed by atoms with Gasteiger partial charge in [-0.2, -0.15) is 0 Å². The van der Waals surface area contributed by atoms with Gasteiger partial charge in [-0.15, -0.1) is 0 Å². The average Bonchev–Trinajstić information content (AvgIpc) is 2.02. The second kappa shape index (κ2) is 3.98. The third kappa shape index (κ3) is 2.05. The Balaban J connectivity index is 2.80. The van der Waals surface area contributed by atoms with E-state index < -0.39 is 17.7 Å². The molecule has 14 heavy (non-hydrogen) atoms. The van der Waals surface area contributed by atoms with E-state index >= 15 is 0 Å². The van der Waals surface area contributed by atoms with Crippen LogP contribution in [0.5, 0.6) is 0 Å². The summed E-state index contributed by atoms with van der Waals surface area (Å²) in [6.07, 6.45) is 1.36. The van der Waals surface area contributed by atoms with Gasteiger partial charge in [-0.3, -0.25) is 9.59 Å². The Morgan fingerprint density at radius 1 is 1.21 bits per heavy atom. The lowest BCUT2D eigenvalue weighted by atomic mass is 9.93. The summed E-state index contributed by atoms with van der Waals surface area (Å²) in [5, 5.41) is 0. The minimum Gasteiger partial charge on any atom is -0.422 e. The minimum absolute atomic E-state index is 0.0655. The fraction of sp³-hybridized carbons (Fsp3) is 0.800. The van der Waals surface area contributed by atoms with Crippen LogP contribution in [0.1, 0.15) is 40.0 Å². The van der Waals surface area contributed by atoms with Crippen LogP contribution in [0.2, 0.25) is 0 Å². The number of cyclic esters (lactones) is 2. The Morgan fingerprint density at radius 3 is 2.00 bits per heavy atom. The van der Waals surface area contributed by atoms with Gasteiger partial charge in [-0.1, -0.05) is 13.8 Å². The van der Waals surface area contributed by atoms with Crippen molar-refractivity contribution in [3.05, 3.63) is 0 Å². The highest BCUT2D eigenvalue weighted by Crippen LogP contribution is 2.32. The fourth-order valence-corrected chi connectivity index (χ4v) is 1.86. The Morgan fingerprint density at radius 2 is 1.64 bits per heavy atom. The van der Waals surface area contributed by atoms with Gasteiger partial charge >= 0.3 is 11.9 Å². The molecule has 0 unspecified atom stereocenters. The number of hydrogen-bond acceptors (Lipinski definition) is 4. The molecule has 4 heteroatoms. The molecule has 1 aliphatic heterocycles. The lowest BCUT2D eigenvalue weighted by Gasteiger charge is -2.37. The molecule has 1 rings (SSSR count). The topological polar surface area (TPSA) is 52.6 Å². The van der Waals surface area contributed by atoms with Crippen molar-refractivity contribution in [1.29, 1.82) is 0 Å². The highest BCUT2D eigenvalue weighted by Gasteiger charge is 2.44. The first kappa shape index (κ1) is 11.0. The van der Waals surface area contributed by atoms with E-state index in [0.29, 0.717) is 0 Å². The molecule has 0 aromatic heterocycles. The molecule has 0 aromatic rings. The van der Waals surface area contributed by atoms with E-state index in [1.54, 1.807) is 6.92 Å². The first-order chi connectivity index (χ1) is 6.51. The molecule has 0 N–H and O–H groups in total. The highest BCUT2D eigenvalue weighted by atomic mass is 16.7. The zero-order valence-corrected chi connectivity index (χ0v) is 8.83. The molecule has 1 saturated heterocycles. The number of ether oxygens (including phenoxy) is 2. The molecule has 80 valence electrons. The van der Waals surface area contributed by atoms with E-state index in [4.69, 9.17) is 9.47 Å². The van der Waals surface area contributed by atoms with Crippen LogP contribution in [-0.4, -0.2) is 17.7 Å². The maximum Gasteiger partial charge on any atom is 0.320 e. The molecular formula is C10H16O4. The number of hydrogen-bond donors (Lipinski definition) is 0. The molecule has 1 aliphatic rings. The molecule has 1 fully saturated rings. The van der Waals surface area contributed by atoms with Crippen LogP contribution in [0.3, 0.4) is 0 Å². The zero-order valence-electron chi connectivity index (χ0n) is 8.83. The first-order valence-electron chi connectivity index (χ1n) is 4.95. The quantitative estimate of drug-likeness (QED) is 0.513. The number of carbonyl (C=O) groups excluding carboxylic acids is 2. The maximum absolute atomic E-state index is 11.1. The van der Waals surface area contributed by atoms with Gasteiger partial charge in [0.15, 0.2) is 0 Å². The van der Waals surface area contributed by atoms with Crippen LogP contribution in [0.4, 0.5) is 0 Å². The van der Waals surface area contributed by atoms with Crippen LogP contribution in [0.15, 0.2) is 0 Å². The van der Waals surface area contributed by atoms with Crippen molar-refractivity contribution in [2.75, 3.05) is 0 Å². The van der Waals surface area contributed by atoms with Gasteiger partial charge in [0.25, 0.3) is 5.79 Å². The summed E-state index contributed by atoms with van der Waals surface area (Å²) in [5.41, 5.74) is 0. The Labute approximate surface area is 83.6 Å². The molecule has 0 aliphatic carbocycles. The van der Waals surface area contributed by atoms with Gasteiger partial charge < -0.3 is 9.47 Å². The van der Waals surface area contributed by atoms with Gasteiger partial charge in [-0.05, 0) is 12.8 Å². The average molecular weight is 200 g/mol. The second-order valence-corrected chi connectivity index (χ2v) is 3.65. The monoisotopic (exact) mass is 200 g/mol. The molecule has 0 saturated carbocycles. The third-order valence-corrected chi connectivity index (χ3v) is 2.65. The van der Waals surface area contributed by atoms with Crippen molar-refractivity contribution in [3.63, 3.8) is 0 Å². The summed E-state index contributed by atoms with van der Waals surface area (Å²) in [7, 11) is 0. The van der Waals surface area contributed by atoms with Crippen molar-refractivity contribution in [3.8, 4) is 0 Å². The summed E-state index contributed by atoms with van der Waals surface area (Å²) in [5.74, 6) is -1.97. The molecule has 0 bridgehead atoms. The van der Waals surface area contributed by atoms with Crippen molar-refractivity contribution < 1.29 is 19.1 Å². The molecule has 4 nitrogen and oxygen atoms in total. The standard InChI is InChI=1S/C10H16O4/c1-4-7(5-2)10(3)13-8(11)6-9(12)14-10/h7H,4-6H2,1-3H3. The molecule has 0 aromatic carbocycles.